The van der Waals surface area contributed by atoms with Crippen molar-refractivity contribution < 1.29 is 19.0 Å². The Kier molecular flexibility index (Phi) is 6.40. The third-order valence-corrected chi connectivity index (χ3v) is 4.54. The quantitative estimate of drug-likeness (QED) is 0.636. The first-order valence-corrected chi connectivity index (χ1v) is 9.17. The molecule has 1 heterocycles. The van der Waals surface area contributed by atoms with Crippen molar-refractivity contribution >= 4 is 22.4 Å². The molecule has 140 valence electrons. The number of carbonyl (C=O) groups excluding carboxylic acids is 1. The smallest absolute Gasteiger partial charge is 0.252 e. The molecule has 0 atom stereocenters. The fourth-order valence-corrected chi connectivity index (χ4v) is 3.19. The molecule has 0 aliphatic rings. The van der Waals surface area contributed by atoms with Gasteiger partial charge in [-0.1, -0.05) is 30.3 Å². The van der Waals surface area contributed by atoms with E-state index in [-0.39, 0.29) is 12.5 Å². The Bertz CT molecular complexity index is 896. The monoisotopic (exact) mass is 384 g/mol. The Balaban J connectivity index is 1.60. The van der Waals surface area contributed by atoms with E-state index in [0.29, 0.717) is 28.9 Å². The zero-order valence-electron chi connectivity index (χ0n) is 15.1. The van der Waals surface area contributed by atoms with Gasteiger partial charge in [-0.25, -0.2) is 4.98 Å². The molecular formula is C20H20N2O4S. The predicted molar refractivity (Wildman–Crippen MR) is 105 cm³/mol. The second-order valence-corrected chi connectivity index (χ2v) is 6.49. The van der Waals surface area contributed by atoms with Crippen molar-refractivity contribution in [1.29, 1.82) is 0 Å². The lowest BCUT2D eigenvalue weighted by molar-refractivity contribution is -0.121. The zero-order chi connectivity index (χ0) is 19.1. The molecule has 0 radical (unpaired) electrons. The summed E-state index contributed by atoms with van der Waals surface area (Å²) in [6, 6.07) is 15.2. The van der Waals surface area contributed by atoms with Gasteiger partial charge in [0.2, 0.25) is 0 Å². The molecule has 0 saturated carbocycles. The van der Waals surface area contributed by atoms with E-state index in [2.05, 4.69) is 10.3 Å². The second-order valence-electron chi connectivity index (χ2n) is 5.63. The second kappa shape index (κ2) is 9.16. The summed E-state index contributed by atoms with van der Waals surface area (Å²) in [6.45, 7) is 0.352. The molecule has 0 spiro atoms. The summed E-state index contributed by atoms with van der Waals surface area (Å²) in [5.41, 5.74) is 2.53. The van der Waals surface area contributed by atoms with Gasteiger partial charge < -0.3 is 14.2 Å². The van der Waals surface area contributed by atoms with Crippen LogP contribution in [-0.4, -0.2) is 31.7 Å². The molecule has 27 heavy (non-hydrogen) atoms. The minimum absolute atomic E-state index is 0.0354. The van der Waals surface area contributed by atoms with Crippen LogP contribution in [0.5, 0.6) is 11.5 Å². The molecule has 1 amide bonds. The van der Waals surface area contributed by atoms with E-state index in [9.17, 15) is 4.79 Å². The highest BCUT2D eigenvalue weighted by Crippen LogP contribution is 2.34. The first-order chi connectivity index (χ1) is 13.2. The third kappa shape index (κ3) is 5.06. The number of nitrogens with one attached hydrogen (secondary N) is 1. The Labute approximate surface area is 161 Å². The lowest BCUT2D eigenvalue weighted by Crippen LogP contribution is -2.18. The summed E-state index contributed by atoms with van der Waals surface area (Å²) in [5, 5.41) is 5.12. The summed E-state index contributed by atoms with van der Waals surface area (Å²) in [4.78, 5) is 16.5. The van der Waals surface area contributed by atoms with Gasteiger partial charge in [0, 0.05) is 10.9 Å². The van der Waals surface area contributed by atoms with E-state index in [0.717, 1.165) is 11.1 Å². The van der Waals surface area contributed by atoms with E-state index >= 15 is 0 Å². The maximum atomic E-state index is 12.1. The maximum Gasteiger partial charge on any atom is 0.252 e. The van der Waals surface area contributed by atoms with Crippen molar-refractivity contribution in [2.24, 2.45) is 0 Å². The Morgan fingerprint density at radius 3 is 2.67 bits per heavy atom. The zero-order valence-corrected chi connectivity index (χ0v) is 15.9. The lowest BCUT2D eigenvalue weighted by Gasteiger charge is -2.08. The van der Waals surface area contributed by atoms with Gasteiger partial charge in [-0.15, -0.1) is 11.3 Å². The summed E-state index contributed by atoms with van der Waals surface area (Å²) < 4.78 is 16.1. The number of thiazole rings is 1. The number of hydrogen-bond acceptors (Lipinski definition) is 6. The molecule has 0 bridgehead atoms. The first kappa shape index (κ1) is 18.9. The fraction of sp³-hybridized carbons (Fsp3) is 0.200. The molecule has 0 saturated heterocycles. The van der Waals surface area contributed by atoms with Crippen LogP contribution < -0.4 is 14.8 Å². The summed E-state index contributed by atoms with van der Waals surface area (Å²) in [6.07, 6.45) is 0. The van der Waals surface area contributed by atoms with Gasteiger partial charge in [-0.3, -0.25) is 10.1 Å². The standard InChI is InChI=1S/C20H20N2O4S/c1-24-15-8-9-18(25-2)16(10-15)17-13-27-20(21-17)22-19(23)12-26-11-14-6-4-3-5-7-14/h3-10,13H,11-12H2,1-2H3,(H,21,22,23). The normalized spacial score (nSPS) is 10.4. The van der Waals surface area contributed by atoms with Crippen molar-refractivity contribution in [3.8, 4) is 22.8 Å². The number of hydrogen-bond donors (Lipinski definition) is 1. The van der Waals surface area contributed by atoms with Crippen LogP contribution in [0.15, 0.2) is 53.9 Å². The Morgan fingerprint density at radius 2 is 1.93 bits per heavy atom. The predicted octanol–water partition coefficient (Wildman–Crippen LogP) is 3.98. The average Bonchev–Trinajstić information content (AvgIpc) is 3.16. The summed E-state index contributed by atoms with van der Waals surface area (Å²) in [7, 11) is 3.21. The molecule has 0 aliphatic heterocycles. The Morgan fingerprint density at radius 1 is 1.11 bits per heavy atom. The minimum atomic E-state index is -0.246. The molecule has 3 aromatic rings. The van der Waals surface area contributed by atoms with Crippen molar-refractivity contribution in [3.05, 3.63) is 59.5 Å². The highest BCUT2D eigenvalue weighted by atomic mass is 32.1. The van der Waals surface area contributed by atoms with Gasteiger partial charge in [0.15, 0.2) is 5.13 Å². The number of anilines is 1. The minimum Gasteiger partial charge on any atom is -0.497 e. The van der Waals surface area contributed by atoms with Gasteiger partial charge in [0.05, 0.1) is 26.5 Å². The first-order valence-electron chi connectivity index (χ1n) is 8.29. The van der Waals surface area contributed by atoms with Crippen LogP contribution in [0.25, 0.3) is 11.3 Å². The number of aromatic nitrogens is 1. The number of nitrogens with zero attached hydrogens (tertiary/aromatic N) is 1. The summed E-state index contributed by atoms with van der Waals surface area (Å²) in [5.74, 6) is 1.15. The molecule has 3 rings (SSSR count). The summed E-state index contributed by atoms with van der Waals surface area (Å²) >= 11 is 1.34. The SMILES string of the molecule is COc1ccc(OC)c(-c2csc(NC(=O)COCc3ccccc3)n2)c1. The number of carbonyl (C=O) groups is 1. The largest absolute Gasteiger partial charge is 0.497 e. The average molecular weight is 384 g/mol. The highest BCUT2D eigenvalue weighted by Gasteiger charge is 2.13. The Hall–Kier alpha value is -2.90. The van der Waals surface area contributed by atoms with Gasteiger partial charge in [0.1, 0.15) is 18.1 Å². The van der Waals surface area contributed by atoms with Crippen LogP contribution in [0.1, 0.15) is 5.56 Å². The van der Waals surface area contributed by atoms with Crippen molar-refractivity contribution in [3.63, 3.8) is 0 Å². The van der Waals surface area contributed by atoms with Crippen LogP contribution in [0.4, 0.5) is 5.13 Å². The number of benzene rings is 2. The lowest BCUT2D eigenvalue weighted by atomic mass is 10.1. The fourth-order valence-electron chi connectivity index (χ4n) is 2.46. The molecule has 7 heteroatoms. The molecule has 0 aliphatic carbocycles. The molecule has 0 fully saturated rings. The number of amides is 1. The molecule has 6 nitrogen and oxygen atoms in total. The third-order valence-electron chi connectivity index (χ3n) is 3.78. The van der Waals surface area contributed by atoms with Gasteiger partial charge in [0.25, 0.3) is 5.91 Å². The van der Waals surface area contributed by atoms with Crippen LogP contribution in [0.2, 0.25) is 0 Å². The van der Waals surface area contributed by atoms with Crippen molar-refractivity contribution in [1.82, 2.24) is 4.98 Å². The van der Waals surface area contributed by atoms with Crippen molar-refractivity contribution in [2.75, 3.05) is 26.1 Å². The van der Waals surface area contributed by atoms with E-state index in [1.807, 2.05) is 53.9 Å². The topological polar surface area (TPSA) is 69.7 Å². The highest BCUT2D eigenvalue weighted by molar-refractivity contribution is 7.14. The van der Waals surface area contributed by atoms with E-state index in [1.165, 1.54) is 11.3 Å². The van der Waals surface area contributed by atoms with Crippen molar-refractivity contribution in [2.45, 2.75) is 6.61 Å². The maximum absolute atomic E-state index is 12.1. The van der Waals surface area contributed by atoms with E-state index < -0.39 is 0 Å². The van der Waals surface area contributed by atoms with E-state index in [1.54, 1.807) is 14.2 Å². The molecule has 1 aromatic heterocycles. The number of ether oxygens (including phenoxy) is 3. The number of rotatable bonds is 8. The van der Waals surface area contributed by atoms with Crippen LogP contribution in [0, 0.1) is 0 Å². The molecular weight excluding hydrogens is 364 g/mol. The van der Waals surface area contributed by atoms with Gasteiger partial charge >= 0.3 is 0 Å². The van der Waals surface area contributed by atoms with Crippen LogP contribution in [0.3, 0.4) is 0 Å². The molecule has 0 unspecified atom stereocenters. The van der Waals surface area contributed by atoms with Crippen LogP contribution in [-0.2, 0) is 16.1 Å². The molecule has 2 aromatic carbocycles. The van der Waals surface area contributed by atoms with E-state index in [4.69, 9.17) is 14.2 Å². The van der Waals surface area contributed by atoms with Gasteiger partial charge in [-0.05, 0) is 23.8 Å². The van der Waals surface area contributed by atoms with Gasteiger partial charge in [-0.2, -0.15) is 0 Å². The van der Waals surface area contributed by atoms with Crippen LogP contribution >= 0.6 is 11.3 Å². The molecule has 1 N–H and O–H groups in total. The number of methoxy groups -OCH3 is 2.